The standard InChI is InChI=1S/C8H11ClN4O/c1-12(2)8(14)13(3)6-4-5-10-7(9)11-6/h4-5H,1-3H3. The minimum atomic E-state index is -0.167. The minimum Gasteiger partial charge on any atom is -0.330 e. The SMILES string of the molecule is CN(C)C(=O)N(C)c1ccnc(Cl)n1. The molecule has 1 aromatic heterocycles. The average molecular weight is 215 g/mol. The second-order valence-corrected chi connectivity index (χ2v) is 3.26. The summed E-state index contributed by atoms with van der Waals surface area (Å²) in [5.74, 6) is 0.476. The number of carbonyl (C=O) groups excluding carboxylic acids is 1. The Balaban J connectivity index is 2.89. The molecule has 0 saturated heterocycles. The number of anilines is 1. The highest BCUT2D eigenvalue weighted by Gasteiger charge is 2.13. The smallest absolute Gasteiger partial charge is 0.324 e. The molecule has 0 aliphatic heterocycles. The molecule has 0 fully saturated rings. The lowest BCUT2D eigenvalue weighted by atomic mass is 10.5. The van der Waals surface area contributed by atoms with E-state index in [0.29, 0.717) is 5.82 Å². The van der Waals surface area contributed by atoms with Gasteiger partial charge in [-0.05, 0) is 17.7 Å². The van der Waals surface area contributed by atoms with Crippen LogP contribution in [0.4, 0.5) is 10.6 Å². The van der Waals surface area contributed by atoms with E-state index in [1.54, 1.807) is 27.2 Å². The molecule has 0 aliphatic rings. The van der Waals surface area contributed by atoms with Gasteiger partial charge in [0.25, 0.3) is 0 Å². The van der Waals surface area contributed by atoms with Crippen molar-refractivity contribution in [3.05, 3.63) is 17.5 Å². The van der Waals surface area contributed by atoms with Gasteiger partial charge in [0.05, 0.1) is 0 Å². The van der Waals surface area contributed by atoms with Crippen LogP contribution in [0.15, 0.2) is 12.3 Å². The highest BCUT2D eigenvalue weighted by Crippen LogP contribution is 2.11. The van der Waals surface area contributed by atoms with Gasteiger partial charge in [0.2, 0.25) is 5.28 Å². The Morgan fingerprint density at radius 2 is 2.07 bits per heavy atom. The van der Waals surface area contributed by atoms with Gasteiger partial charge in [-0.1, -0.05) is 0 Å². The van der Waals surface area contributed by atoms with Crippen molar-refractivity contribution in [1.82, 2.24) is 14.9 Å². The van der Waals surface area contributed by atoms with Gasteiger partial charge in [-0.25, -0.2) is 14.8 Å². The van der Waals surface area contributed by atoms with Crippen molar-refractivity contribution < 1.29 is 4.79 Å². The number of aromatic nitrogens is 2. The summed E-state index contributed by atoms with van der Waals surface area (Å²) in [5, 5.41) is 0.126. The number of nitrogens with zero attached hydrogens (tertiary/aromatic N) is 4. The molecule has 0 aromatic carbocycles. The lowest BCUT2D eigenvalue weighted by molar-refractivity contribution is 0.225. The number of urea groups is 1. The van der Waals surface area contributed by atoms with E-state index in [-0.39, 0.29) is 11.3 Å². The Kier molecular flexibility index (Phi) is 3.24. The first kappa shape index (κ1) is 10.7. The van der Waals surface area contributed by atoms with Crippen LogP contribution in [0.25, 0.3) is 0 Å². The van der Waals surface area contributed by atoms with Crippen LogP contribution in [-0.4, -0.2) is 42.0 Å². The van der Waals surface area contributed by atoms with Gasteiger partial charge in [0, 0.05) is 27.3 Å². The summed E-state index contributed by atoms with van der Waals surface area (Å²) in [4.78, 5) is 22.0. The van der Waals surface area contributed by atoms with Crippen LogP contribution in [-0.2, 0) is 0 Å². The minimum absolute atomic E-state index is 0.126. The molecule has 0 N–H and O–H groups in total. The second kappa shape index (κ2) is 4.23. The molecular formula is C8H11ClN4O. The van der Waals surface area contributed by atoms with Crippen molar-refractivity contribution in [3.63, 3.8) is 0 Å². The van der Waals surface area contributed by atoms with E-state index < -0.39 is 0 Å². The number of carbonyl (C=O) groups is 1. The molecule has 0 aliphatic carbocycles. The molecule has 6 heteroatoms. The third kappa shape index (κ3) is 2.32. The highest BCUT2D eigenvalue weighted by atomic mass is 35.5. The molecule has 0 unspecified atom stereocenters. The number of amides is 2. The Labute approximate surface area is 87.3 Å². The maximum atomic E-state index is 11.5. The number of halogens is 1. The average Bonchev–Trinajstić information content (AvgIpc) is 2.15. The fourth-order valence-corrected chi connectivity index (χ4v) is 1.05. The van der Waals surface area contributed by atoms with Crippen LogP contribution in [0.5, 0.6) is 0 Å². The third-order valence-corrected chi connectivity index (χ3v) is 1.81. The summed E-state index contributed by atoms with van der Waals surface area (Å²) in [7, 11) is 4.96. The van der Waals surface area contributed by atoms with E-state index >= 15 is 0 Å². The first-order valence-corrected chi connectivity index (χ1v) is 4.33. The van der Waals surface area contributed by atoms with Gasteiger partial charge in [0.1, 0.15) is 5.82 Å². The lowest BCUT2D eigenvalue weighted by Gasteiger charge is -2.20. The van der Waals surface area contributed by atoms with Crippen molar-refractivity contribution in [3.8, 4) is 0 Å². The van der Waals surface area contributed by atoms with E-state index in [1.165, 1.54) is 16.0 Å². The largest absolute Gasteiger partial charge is 0.330 e. The molecular weight excluding hydrogens is 204 g/mol. The van der Waals surface area contributed by atoms with Crippen molar-refractivity contribution in [1.29, 1.82) is 0 Å². The van der Waals surface area contributed by atoms with Crippen LogP contribution < -0.4 is 4.90 Å². The van der Waals surface area contributed by atoms with E-state index in [9.17, 15) is 4.79 Å². The zero-order chi connectivity index (χ0) is 10.7. The number of hydrogen-bond acceptors (Lipinski definition) is 3. The van der Waals surface area contributed by atoms with Crippen molar-refractivity contribution in [2.75, 3.05) is 26.0 Å². The maximum Gasteiger partial charge on any atom is 0.324 e. The summed E-state index contributed by atoms with van der Waals surface area (Å²) in [5.41, 5.74) is 0. The highest BCUT2D eigenvalue weighted by molar-refractivity contribution is 6.28. The predicted octanol–water partition coefficient (Wildman–Crippen LogP) is 1.25. The van der Waals surface area contributed by atoms with Crippen molar-refractivity contribution >= 4 is 23.4 Å². The van der Waals surface area contributed by atoms with Crippen LogP contribution in [0.2, 0.25) is 5.28 Å². The topological polar surface area (TPSA) is 49.3 Å². The molecule has 1 rings (SSSR count). The van der Waals surface area contributed by atoms with E-state index in [1.807, 2.05) is 0 Å². The van der Waals surface area contributed by atoms with Crippen LogP contribution >= 0.6 is 11.6 Å². The van der Waals surface area contributed by atoms with Gasteiger partial charge in [0.15, 0.2) is 0 Å². The first-order chi connectivity index (χ1) is 6.52. The zero-order valence-electron chi connectivity index (χ0n) is 8.23. The van der Waals surface area contributed by atoms with Gasteiger partial charge < -0.3 is 4.90 Å². The molecule has 0 atom stereocenters. The zero-order valence-corrected chi connectivity index (χ0v) is 8.99. The molecule has 0 spiro atoms. The van der Waals surface area contributed by atoms with Gasteiger partial charge in [-0.2, -0.15) is 0 Å². The summed E-state index contributed by atoms with van der Waals surface area (Å²) >= 11 is 5.60. The van der Waals surface area contributed by atoms with E-state index in [0.717, 1.165) is 0 Å². The molecule has 5 nitrogen and oxygen atoms in total. The Bertz CT molecular complexity index is 342. The third-order valence-electron chi connectivity index (χ3n) is 1.62. The molecule has 2 amide bonds. The van der Waals surface area contributed by atoms with Gasteiger partial charge >= 0.3 is 6.03 Å². The Morgan fingerprint density at radius 1 is 1.43 bits per heavy atom. The quantitative estimate of drug-likeness (QED) is 0.661. The fourth-order valence-electron chi connectivity index (χ4n) is 0.911. The van der Waals surface area contributed by atoms with E-state index in [2.05, 4.69) is 9.97 Å². The molecule has 0 bridgehead atoms. The molecule has 1 heterocycles. The van der Waals surface area contributed by atoms with Crippen molar-refractivity contribution in [2.24, 2.45) is 0 Å². The summed E-state index contributed by atoms with van der Waals surface area (Å²) in [6.45, 7) is 0. The molecule has 1 aromatic rings. The Morgan fingerprint density at radius 3 is 2.57 bits per heavy atom. The number of hydrogen-bond donors (Lipinski definition) is 0. The van der Waals surface area contributed by atoms with Crippen LogP contribution in [0.3, 0.4) is 0 Å². The monoisotopic (exact) mass is 214 g/mol. The maximum absolute atomic E-state index is 11.5. The van der Waals surface area contributed by atoms with E-state index in [4.69, 9.17) is 11.6 Å². The Hall–Kier alpha value is -1.36. The second-order valence-electron chi connectivity index (χ2n) is 2.92. The number of rotatable bonds is 1. The molecule has 0 saturated carbocycles. The lowest BCUT2D eigenvalue weighted by Crippen LogP contribution is -2.36. The molecule has 0 radical (unpaired) electrons. The summed E-state index contributed by atoms with van der Waals surface area (Å²) in [6, 6.07) is 1.45. The predicted molar refractivity (Wildman–Crippen MR) is 54.5 cm³/mol. The normalized spacial score (nSPS) is 9.71. The molecule has 76 valence electrons. The fraction of sp³-hybridized carbons (Fsp3) is 0.375. The van der Waals surface area contributed by atoms with Crippen molar-refractivity contribution in [2.45, 2.75) is 0 Å². The van der Waals surface area contributed by atoms with Crippen LogP contribution in [0.1, 0.15) is 0 Å². The van der Waals surface area contributed by atoms with Gasteiger partial charge in [-0.3, -0.25) is 4.90 Å². The van der Waals surface area contributed by atoms with Crippen LogP contribution in [0, 0.1) is 0 Å². The molecule has 14 heavy (non-hydrogen) atoms. The first-order valence-electron chi connectivity index (χ1n) is 3.96. The summed E-state index contributed by atoms with van der Waals surface area (Å²) < 4.78 is 0. The van der Waals surface area contributed by atoms with Gasteiger partial charge in [-0.15, -0.1) is 0 Å². The summed E-state index contributed by atoms with van der Waals surface area (Å²) in [6.07, 6.45) is 1.50.